The van der Waals surface area contributed by atoms with E-state index in [-0.39, 0.29) is 0 Å². The maximum Gasteiger partial charge on any atom is 0.0473 e. The first-order chi connectivity index (χ1) is 9.54. The van der Waals surface area contributed by atoms with Crippen molar-refractivity contribution in [1.29, 1.82) is 0 Å². The van der Waals surface area contributed by atoms with Gasteiger partial charge in [0.05, 0.1) is 0 Å². The number of likely N-dealkylation sites (tertiary alicyclic amines) is 1. The average Bonchev–Trinajstić information content (AvgIpc) is 2.44. The molecule has 2 unspecified atom stereocenters. The number of rotatable bonds is 4. The van der Waals surface area contributed by atoms with Gasteiger partial charge >= 0.3 is 0 Å². The molecule has 1 fully saturated rings. The van der Waals surface area contributed by atoms with Crippen LogP contribution in [0.2, 0.25) is 0 Å². The molecule has 0 radical (unpaired) electrons. The standard InChI is InChI=1S/C17H29N3/c1-13-7-5-9-16(14(13)2)17(11-18)20-10-6-8-15(12-20)19(3)4/h5,7,9,15,17H,6,8,10-12,18H2,1-4H3. The number of nitrogens with zero attached hydrogens (tertiary/aromatic N) is 2. The highest BCUT2D eigenvalue weighted by Gasteiger charge is 2.27. The molecule has 1 aliphatic heterocycles. The van der Waals surface area contributed by atoms with E-state index >= 15 is 0 Å². The van der Waals surface area contributed by atoms with Crippen LogP contribution in [-0.4, -0.2) is 49.6 Å². The Hall–Kier alpha value is -0.900. The van der Waals surface area contributed by atoms with Crippen molar-refractivity contribution in [3.05, 3.63) is 34.9 Å². The van der Waals surface area contributed by atoms with E-state index in [9.17, 15) is 0 Å². The zero-order valence-electron chi connectivity index (χ0n) is 13.4. The Morgan fingerprint density at radius 2 is 2.10 bits per heavy atom. The van der Waals surface area contributed by atoms with Crippen molar-refractivity contribution in [2.24, 2.45) is 5.73 Å². The zero-order chi connectivity index (χ0) is 14.7. The number of nitrogens with two attached hydrogens (primary N) is 1. The second kappa shape index (κ2) is 6.70. The van der Waals surface area contributed by atoms with Crippen molar-refractivity contribution in [2.75, 3.05) is 33.7 Å². The molecule has 0 saturated carbocycles. The van der Waals surface area contributed by atoms with Crippen molar-refractivity contribution in [3.8, 4) is 0 Å². The molecule has 2 rings (SSSR count). The summed E-state index contributed by atoms with van der Waals surface area (Å²) in [6, 6.07) is 7.61. The zero-order valence-corrected chi connectivity index (χ0v) is 13.4. The third-order valence-electron chi connectivity index (χ3n) is 4.83. The Kier molecular flexibility index (Phi) is 5.19. The van der Waals surface area contributed by atoms with Gasteiger partial charge in [-0.05, 0) is 64.0 Å². The minimum atomic E-state index is 0.359. The topological polar surface area (TPSA) is 32.5 Å². The van der Waals surface area contributed by atoms with Crippen molar-refractivity contribution in [1.82, 2.24) is 9.80 Å². The van der Waals surface area contributed by atoms with Gasteiger partial charge in [0.15, 0.2) is 0 Å². The lowest BCUT2D eigenvalue weighted by molar-refractivity contribution is 0.0981. The van der Waals surface area contributed by atoms with Gasteiger partial charge in [0.25, 0.3) is 0 Å². The van der Waals surface area contributed by atoms with Gasteiger partial charge in [-0.25, -0.2) is 0 Å². The largest absolute Gasteiger partial charge is 0.329 e. The van der Waals surface area contributed by atoms with Gasteiger partial charge in [-0.15, -0.1) is 0 Å². The van der Waals surface area contributed by atoms with Crippen LogP contribution in [0.25, 0.3) is 0 Å². The van der Waals surface area contributed by atoms with Crippen molar-refractivity contribution in [2.45, 2.75) is 38.8 Å². The van der Waals surface area contributed by atoms with Gasteiger partial charge in [-0.3, -0.25) is 4.90 Å². The molecular weight excluding hydrogens is 246 g/mol. The second-order valence-corrected chi connectivity index (χ2v) is 6.30. The van der Waals surface area contributed by atoms with E-state index in [1.165, 1.54) is 36.1 Å². The van der Waals surface area contributed by atoms with Gasteiger partial charge in [0.2, 0.25) is 0 Å². The van der Waals surface area contributed by atoms with Gasteiger partial charge in [0.1, 0.15) is 0 Å². The molecule has 1 aromatic carbocycles. The van der Waals surface area contributed by atoms with Crippen LogP contribution in [0.3, 0.4) is 0 Å². The molecule has 1 heterocycles. The first-order valence-corrected chi connectivity index (χ1v) is 7.71. The molecule has 0 aromatic heterocycles. The Labute approximate surface area is 123 Å². The predicted octanol–water partition coefficient (Wildman–Crippen LogP) is 2.33. The number of piperidine rings is 1. The van der Waals surface area contributed by atoms with Crippen LogP contribution < -0.4 is 5.73 Å². The summed E-state index contributed by atoms with van der Waals surface area (Å²) < 4.78 is 0. The van der Waals surface area contributed by atoms with Crippen LogP contribution in [-0.2, 0) is 0 Å². The number of likely N-dealkylation sites (N-methyl/N-ethyl adjacent to an activating group) is 1. The van der Waals surface area contributed by atoms with E-state index in [0.29, 0.717) is 18.6 Å². The Morgan fingerprint density at radius 3 is 2.75 bits per heavy atom. The molecule has 1 aliphatic rings. The summed E-state index contributed by atoms with van der Waals surface area (Å²) in [4.78, 5) is 4.93. The maximum absolute atomic E-state index is 6.12. The normalized spacial score (nSPS) is 22.2. The first-order valence-electron chi connectivity index (χ1n) is 7.71. The number of aryl methyl sites for hydroxylation is 1. The Morgan fingerprint density at radius 1 is 1.35 bits per heavy atom. The van der Waals surface area contributed by atoms with E-state index < -0.39 is 0 Å². The number of benzene rings is 1. The van der Waals surface area contributed by atoms with Gasteiger partial charge in [-0.1, -0.05) is 18.2 Å². The summed E-state index contributed by atoms with van der Waals surface area (Å²) in [5, 5.41) is 0. The highest BCUT2D eigenvalue weighted by Crippen LogP contribution is 2.28. The lowest BCUT2D eigenvalue weighted by Gasteiger charge is -2.40. The fourth-order valence-corrected chi connectivity index (χ4v) is 3.30. The number of hydrogen-bond acceptors (Lipinski definition) is 3. The minimum Gasteiger partial charge on any atom is -0.329 e. The average molecular weight is 275 g/mol. The lowest BCUT2D eigenvalue weighted by Crippen LogP contribution is -2.48. The predicted molar refractivity (Wildman–Crippen MR) is 86.0 cm³/mol. The van der Waals surface area contributed by atoms with Crippen molar-refractivity contribution < 1.29 is 0 Å². The quantitative estimate of drug-likeness (QED) is 0.915. The Bertz CT molecular complexity index is 442. The third-order valence-corrected chi connectivity index (χ3v) is 4.83. The van der Waals surface area contributed by atoms with Gasteiger partial charge in [0, 0.05) is 25.2 Å². The first kappa shape index (κ1) is 15.5. The molecule has 3 nitrogen and oxygen atoms in total. The molecule has 1 saturated heterocycles. The monoisotopic (exact) mass is 275 g/mol. The summed E-state index contributed by atoms with van der Waals surface area (Å²) >= 11 is 0. The number of hydrogen-bond donors (Lipinski definition) is 1. The highest BCUT2D eigenvalue weighted by molar-refractivity contribution is 5.35. The summed E-state index contributed by atoms with van der Waals surface area (Å²) in [7, 11) is 4.37. The fourth-order valence-electron chi connectivity index (χ4n) is 3.30. The molecule has 2 N–H and O–H groups in total. The second-order valence-electron chi connectivity index (χ2n) is 6.30. The smallest absolute Gasteiger partial charge is 0.0473 e. The molecule has 1 aromatic rings. The summed E-state index contributed by atoms with van der Waals surface area (Å²) in [6.45, 7) is 7.40. The molecule has 0 spiro atoms. The molecular formula is C17H29N3. The molecule has 112 valence electrons. The van der Waals surface area contributed by atoms with Gasteiger partial charge < -0.3 is 10.6 Å². The van der Waals surface area contributed by atoms with Crippen LogP contribution in [0, 0.1) is 13.8 Å². The van der Waals surface area contributed by atoms with Crippen molar-refractivity contribution in [3.63, 3.8) is 0 Å². The van der Waals surface area contributed by atoms with E-state index in [4.69, 9.17) is 5.73 Å². The van der Waals surface area contributed by atoms with Crippen LogP contribution in [0.1, 0.15) is 35.6 Å². The minimum absolute atomic E-state index is 0.359. The molecule has 2 atom stereocenters. The van der Waals surface area contributed by atoms with Crippen LogP contribution in [0.4, 0.5) is 0 Å². The summed E-state index contributed by atoms with van der Waals surface area (Å²) in [5.74, 6) is 0. The molecule has 3 heteroatoms. The van der Waals surface area contributed by atoms with Crippen LogP contribution >= 0.6 is 0 Å². The maximum atomic E-state index is 6.12. The molecule has 0 bridgehead atoms. The SMILES string of the molecule is Cc1cccc(C(CN)N2CCCC(N(C)C)C2)c1C. The van der Waals surface area contributed by atoms with Crippen LogP contribution in [0.15, 0.2) is 18.2 Å². The van der Waals surface area contributed by atoms with E-state index in [1.54, 1.807) is 0 Å². The highest BCUT2D eigenvalue weighted by atomic mass is 15.2. The molecule has 0 aliphatic carbocycles. The Balaban J connectivity index is 2.21. The molecule has 20 heavy (non-hydrogen) atoms. The lowest BCUT2D eigenvalue weighted by atomic mass is 9.94. The van der Waals surface area contributed by atoms with E-state index in [2.05, 4.69) is 55.9 Å². The summed E-state index contributed by atoms with van der Waals surface area (Å²) in [6.07, 6.45) is 2.57. The molecule has 0 amide bonds. The fraction of sp³-hybridized carbons (Fsp3) is 0.647. The van der Waals surface area contributed by atoms with Gasteiger partial charge in [-0.2, -0.15) is 0 Å². The van der Waals surface area contributed by atoms with E-state index in [1.807, 2.05) is 0 Å². The van der Waals surface area contributed by atoms with Crippen molar-refractivity contribution >= 4 is 0 Å². The van der Waals surface area contributed by atoms with Crippen LogP contribution in [0.5, 0.6) is 0 Å². The third kappa shape index (κ3) is 3.22. The summed E-state index contributed by atoms with van der Waals surface area (Å²) in [5.41, 5.74) is 10.3. The van der Waals surface area contributed by atoms with E-state index in [0.717, 1.165) is 6.54 Å².